The normalized spacial score (nSPS) is 10.7. The molecule has 104 valence electrons. The Hall–Kier alpha value is -2.49. The number of hydrogen-bond donors (Lipinski definition) is 1. The Labute approximate surface area is 118 Å². The standard InChI is InChI=1S/C16H17NO3/c1-19-14-5-3-12(4-6-14)10-17-11-13-9-15(20-2)7-8-16(13)18/h3-9,11,18H,10H2,1-2H3. The average Bonchev–Trinajstić information content (AvgIpc) is 2.50. The molecule has 1 N–H and O–H groups in total. The quantitative estimate of drug-likeness (QED) is 0.850. The van der Waals surface area contributed by atoms with Gasteiger partial charge in [-0.25, -0.2) is 0 Å². The molecule has 0 saturated heterocycles. The molecular formula is C16H17NO3. The predicted molar refractivity (Wildman–Crippen MR) is 79.0 cm³/mol. The number of aliphatic imine (C=N–C) groups is 1. The first-order chi connectivity index (χ1) is 9.72. The lowest BCUT2D eigenvalue weighted by Crippen LogP contribution is -1.89. The van der Waals surface area contributed by atoms with Crippen LogP contribution in [0.1, 0.15) is 11.1 Å². The lowest BCUT2D eigenvalue weighted by atomic mass is 10.2. The van der Waals surface area contributed by atoms with Crippen molar-refractivity contribution in [2.45, 2.75) is 6.54 Å². The second-order valence-electron chi connectivity index (χ2n) is 4.24. The minimum atomic E-state index is 0.185. The first-order valence-electron chi connectivity index (χ1n) is 6.22. The fourth-order valence-electron chi connectivity index (χ4n) is 1.74. The average molecular weight is 271 g/mol. The summed E-state index contributed by atoms with van der Waals surface area (Å²) in [5.74, 6) is 1.70. The molecule has 0 spiro atoms. The number of ether oxygens (including phenoxy) is 2. The van der Waals surface area contributed by atoms with Gasteiger partial charge in [-0.1, -0.05) is 12.1 Å². The highest BCUT2D eigenvalue weighted by atomic mass is 16.5. The minimum Gasteiger partial charge on any atom is -0.507 e. The summed E-state index contributed by atoms with van der Waals surface area (Å²) >= 11 is 0. The van der Waals surface area contributed by atoms with Crippen molar-refractivity contribution in [3.63, 3.8) is 0 Å². The van der Waals surface area contributed by atoms with Crippen LogP contribution in [0.3, 0.4) is 0 Å². The van der Waals surface area contributed by atoms with Gasteiger partial charge in [-0.2, -0.15) is 0 Å². The fourth-order valence-corrected chi connectivity index (χ4v) is 1.74. The van der Waals surface area contributed by atoms with E-state index in [1.54, 1.807) is 38.6 Å². The van der Waals surface area contributed by atoms with E-state index in [0.717, 1.165) is 11.3 Å². The third kappa shape index (κ3) is 3.51. The maximum absolute atomic E-state index is 9.73. The molecule has 0 aliphatic heterocycles. The SMILES string of the molecule is COc1ccc(CN=Cc2cc(OC)ccc2O)cc1. The summed E-state index contributed by atoms with van der Waals surface area (Å²) in [5, 5.41) is 9.73. The Morgan fingerprint density at radius 1 is 1.00 bits per heavy atom. The third-order valence-electron chi connectivity index (χ3n) is 2.90. The number of aromatic hydroxyl groups is 1. The minimum absolute atomic E-state index is 0.185. The van der Waals surface area contributed by atoms with Crippen molar-refractivity contribution in [3.8, 4) is 17.2 Å². The van der Waals surface area contributed by atoms with Crippen LogP contribution >= 0.6 is 0 Å². The maximum atomic E-state index is 9.73. The number of methoxy groups -OCH3 is 2. The van der Waals surface area contributed by atoms with Gasteiger partial charge in [0.1, 0.15) is 17.2 Å². The van der Waals surface area contributed by atoms with Gasteiger partial charge in [-0.05, 0) is 35.9 Å². The van der Waals surface area contributed by atoms with Crippen LogP contribution < -0.4 is 9.47 Å². The molecule has 0 radical (unpaired) electrons. The van der Waals surface area contributed by atoms with E-state index in [2.05, 4.69) is 4.99 Å². The highest BCUT2D eigenvalue weighted by Crippen LogP contribution is 2.21. The van der Waals surface area contributed by atoms with Crippen molar-refractivity contribution < 1.29 is 14.6 Å². The molecule has 4 heteroatoms. The number of benzene rings is 2. The Morgan fingerprint density at radius 2 is 1.65 bits per heavy atom. The van der Waals surface area contributed by atoms with E-state index < -0.39 is 0 Å². The molecule has 2 rings (SSSR count). The third-order valence-corrected chi connectivity index (χ3v) is 2.90. The summed E-state index contributed by atoms with van der Waals surface area (Å²) in [6.45, 7) is 0.542. The smallest absolute Gasteiger partial charge is 0.124 e. The highest BCUT2D eigenvalue weighted by molar-refractivity contribution is 5.84. The molecule has 0 fully saturated rings. The van der Waals surface area contributed by atoms with E-state index in [0.29, 0.717) is 17.9 Å². The van der Waals surface area contributed by atoms with Gasteiger partial charge in [-0.15, -0.1) is 0 Å². The van der Waals surface area contributed by atoms with Crippen LogP contribution in [0.25, 0.3) is 0 Å². The second-order valence-corrected chi connectivity index (χ2v) is 4.24. The molecule has 0 saturated carbocycles. The van der Waals surface area contributed by atoms with Crippen LogP contribution in [0.4, 0.5) is 0 Å². The Kier molecular flexibility index (Phi) is 4.60. The lowest BCUT2D eigenvalue weighted by molar-refractivity contribution is 0.412. The lowest BCUT2D eigenvalue weighted by Gasteiger charge is -2.03. The van der Waals surface area contributed by atoms with Crippen molar-refractivity contribution in [2.75, 3.05) is 14.2 Å². The molecular weight excluding hydrogens is 254 g/mol. The topological polar surface area (TPSA) is 51.0 Å². The van der Waals surface area contributed by atoms with Gasteiger partial charge in [-0.3, -0.25) is 4.99 Å². The van der Waals surface area contributed by atoms with Crippen LogP contribution in [0.15, 0.2) is 47.5 Å². The van der Waals surface area contributed by atoms with Crippen LogP contribution in [0.2, 0.25) is 0 Å². The fraction of sp³-hybridized carbons (Fsp3) is 0.188. The van der Waals surface area contributed by atoms with E-state index >= 15 is 0 Å². The van der Waals surface area contributed by atoms with Gasteiger partial charge in [0.25, 0.3) is 0 Å². The summed E-state index contributed by atoms with van der Waals surface area (Å²) in [7, 11) is 3.23. The molecule has 0 bridgehead atoms. The molecule has 4 nitrogen and oxygen atoms in total. The highest BCUT2D eigenvalue weighted by Gasteiger charge is 2.00. The summed E-state index contributed by atoms with van der Waals surface area (Å²) in [5.41, 5.74) is 1.71. The molecule has 0 unspecified atom stereocenters. The van der Waals surface area contributed by atoms with Crippen molar-refractivity contribution in [1.29, 1.82) is 0 Å². The van der Waals surface area contributed by atoms with Gasteiger partial charge < -0.3 is 14.6 Å². The summed E-state index contributed by atoms with van der Waals surface area (Å²) in [6.07, 6.45) is 1.64. The zero-order valence-electron chi connectivity index (χ0n) is 11.5. The van der Waals surface area contributed by atoms with Crippen molar-refractivity contribution in [3.05, 3.63) is 53.6 Å². The van der Waals surface area contributed by atoms with E-state index in [-0.39, 0.29) is 5.75 Å². The molecule has 2 aromatic rings. The molecule has 0 aliphatic carbocycles. The molecule has 0 aromatic heterocycles. The van der Waals surface area contributed by atoms with Crippen LogP contribution in [-0.4, -0.2) is 25.5 Å². The first-order valence-corrected chi connectivity index (χ1v) is 6.22. The van der Waals surface area contributed by atoms with Crippen LogP contribution in [0, 0.1) is 0 Å². The van der Waals surface area contributed by atoms with Crippen LogP contribution in [-0.2, 0) is 6.54 Å². The van der Waals surface area contributed by atoms with Gasteiger partial charge in [0.05, 0.1) is 20.8 Å². The Bertz CT molecular complexity index is 591. The monoisotopic (exact) mass is 271 g/mol. The number of phenolic OH excluding ortho intramolecular Hbond substituents is 1. The van der Waals surface area contributed by atoms with Crippen molar-refractivity contribution in [2.24, 2.45) is 4.99 Å². The number of phenols is 1. The van der Waals surface area contributed by atoms with E-state index in [1.165, 1.54) is 0 Å². The van der Waals surface area contributed by atoms with Crippen LogP contribution in [0.5, 0.6) is 17.2 Å². The second kappa shape index (κ2) is 6.61. The maximum Gasteiger partial charge on any atom is 0.124 e. The molecule has 2 aromatic carbocycles. The van der Waals surface area contributed by atoms with Crippen molar-refractivity contribution in [1.82, 2.24) is 0 Å². The van der Waals surface area contributed by atoms with E-state index in [9.17, 15) is 5.11 Å². The van der Waals surface area contributed by atoms with Gasteiger partial charge in [0, 0.05) is 11.8 Å². The van der Waals surface area contributed by atoms with E-state index in [4.69, 9.17) is 9.47 Å². The summed E-state index contributed by atoms with van der Waals surface area (Å²) in [6, 6.07) is 12.8. The van der Waals surface area contributed by atoms with Gasteiger partial charge in [0.15, 0.2) is 0 Å². The Balaban J connectivity index is 2.05. The number of rotatable bonds is 5. The summed E-state index contributed by atoms with van der Waals surface area (Å²) in [4.78, 5) is 4.32. The van der Waals surface area contributed by atoms with Crippen molar-refractivity contribution >= 4 is 6.21 Å². The molecule has 0 aliphatic rings. The number of nitrogens with zero attached hydrogens (tertiary/aromatic N) is 1. The molecule has 0 heterocycles. The predicted octanol–water partition coefficient (Wildman–Crippen LogP) is 3.03. The molecule has 0 atom stereocenters. The van der Waals surface area contributed by atoms with E-state index in [1.807, 2.05) is 24.3 Å². The molecule has 20 heavy (non-hydrogen) atoms. The zero-order valence-corrected chi connectivity index (χ0v) is 11.5. The first kappa shape index (κ1) is 13.9. The van der Waals surface area contributed by atoms with Gasteiger partial charge in [0.2, 0.25) is 0 Å². The molecule has 0 amide bonds. The zero-order chi connectivity index (χ0) is 14.4. The Morgan fingerprint density at radius 3 is 2.30 bits per heavy atom. The largest absolute Gasteiger partial charge is 0.507 e. The number of hydrogen-bond acceptors (Lipinski definition) is 4. The summed E-state index contributed by atoms with van der Waals surface area (Å²) < 4.78 is 10.2. The van der Waals surface area contributed by atoms with Gasteiger partial charge >= 0.3 is 0 Å².